The van der Waals surface area contributed by atoms with Crippen LogP contribution in [0.25, 0.3) is 0 Å². The van der Waals surface area contributed by atoms with Gasteiger partial charge in [-0.2, -0.15) is 0 Å². The van der Waals surface area contributed by atoms with Crippen LogP contribution in [0.4, 0.5) is 4.39 Å². The summed E-state index contributed by atoms with van der Waals surface area (Å²) in [5.41, 5.74) is 0.454. The minimum atomic E-state index is -0.495. The maximum Gasteiger partial charge on any atom is 0.254 e. The minimum absolute atomic E-state index is 0.00460. The van der Waals surface area contributed by atoms with Crippen molar-refractivity contribution in [2.75, 3.05) is 39.3 Å². The van der Waals surface area contributed by atoms with Crippen LogP contribution in [0.1, 0.15) is 10.4 Å². The Bertz CT molecular complexity index is 513. The largest absolute Gasteiger partial charge is 0.335 e. The first-order chi connectivity index (χ1) is 9.65. The molecule has 0 saturated carbocycles. The van der Waals surface area contributed by atoms with E-state index in [-0.39, 0.29) is 10.9 Å². The number of benzene rings is 1. The highest BCUT2D eigenvalue weighted by Crippen LogP contribution is 2.21. The van der Waals surface area contributed by atoms with Crippen molar-refractivity contribution in [2.45, 2.75) is 6.04 Å². The molecule has 0 aliphatic carbocycles. The maximum absolute atomic E-state index is 13.1. The van der Waals surface area contributed by atoms with Crippen LogP contribution in [0.2, 0.25) is 5.02 Å². The van der Waals surface area contributed by atoms with E-state index in [2.05, 4.69) is 10.2 Å². The molecule has 0 bridgehead atoms. The fourth-order valence-corrected chi connectivity index (χ4v) is 2.89. The minimum Gasteiger partial charge on any atom is -0.335 e. The number of halogens is 2. The Hall–Kier alpha value is -1.17. The number of hydrogen-bond donors (Lipinski definition) is 1. The van der Waals surface area contributed by atoms with Crippen molar-refractivity contribution >= 4 is 17.5 Å². The first-order valence-corrected chi connectivity index (χ1v) is 7.22. The Labute approximate surface area is 122 Å². The molecule has 108 valence electrons. The Morgan fingerprint density at radius 3 is 2.65 bits per heavy atom. The third kappa shape index (κ3) is 2.66. The molecule has 2 aliphatic rings. The van der Waals surface area contributed by atoms with Gasteiger partial charge in [-0.05, 0) is 18.2 Å². The Kier molecular flexibility index (Phi) is 3.92. The van der Waals surface area contributed by atoms with Crippen LogP contribution in [0.3, 0.4) is 0 Å². The van der Waals surface area contributed by atoms with Crippen molar-refractivity contribution in [3.8, 4) is 0 Å². The lowest BCUT2D eigenvalue weighted by atomic mass is 10.0. The highest BCUT2D eigenvalue weighted by molar-refractivity contribution is 6.31. The number of carbonyl (C=O) groups excluding carboxylic acids is 1. The molecule has 2 fully saturated rings. The SMILES string of the molecule is O=C(c1ccc(F)c(Cl)c1)N1CC(N2CCNCC2)C1. The van der Waals surface area contributed by atoms with Gasteiger partial charge in [0.1, 0.15) is 5.82 Å². The van der Waals surface area contributed by atoms with Crippen molar-refractivity contribution in [3.63, 3.8) is 0 Å². The summed E-state index contributed by atoms with van der Waals surface area (Å²) < 4.78 is 13.1. The third-order valence-corrected chi connectivity index (χ3v) is 4.27. The van der Waals surface area contributed by atoms with Crippen molar-refractivity contribution in [2.24, 2.45) is 0 Å². The molecule has 1 N–H and O–H groups in total. The van der Waals surface area contributed by atoms with Gasteiger partial charge in [0.15, 0.2) is 0 Å². The lowest BCUT2D eigenvalue weighted by Crippen LogP contribution is -2.63. The highest BCUT2D eigenvalue weighted by Gasteiger charge is 2.35. The van der Waals surface area contributed by atoms with Crippen LogP contribution < -0.4 is 5.32 Å². The zero-order valence-corrected chi connectivity index (χ0v) is 11.9. The smallest absolute Gasteiger partial charge is 0.254 e. The van der Waals surface area contributed by atoms with Gasteiger partial charge in [0.2, 0.25) is 0 Å². The van der Waals surface area contributed by atoms with Gasteiger partial charge in [0.05, 0.1) is 5.02 Å². The Balaban J connectivity index is 1.58. The van der Waals surface area contributed by atoms with E-state index >= 15 is 0 Å². The third-order valence-electron chi connectivity index (χ3n) is 3.98. The topological polar surface area (TPSA) is 35.6 Å². The van der Waals surface area contributed by atoms with Gasteiger partial charge in [-0.15, -0.1) is 0 Å². The second kappa shape index (κ2) is 5.68. The molecule has 0 unspecified atom stereocenters. The highest BCUT2D eigenvalue weighted by atomic mass is 35.5. The zero-order valence-electron chi connectivity index (χ0n) is 11.1. The number of likely N-dealkylation sites (tertiary alicyclic amines) is 1. The predicted octanol–water partition coefficient (Wildman–Crippen LogP) is 1.21. The molecule has 0 spiro atoms. The van der Waals surface area contributed by atoms with Gasteiger partial charge in [-0.25, -0.2) is 4.39 Å². The van der Waals surface area contributed by atoms with Gasteiger partial charge in [0, 0.05) is 50.9 Å². The normalized spacial score (nSPS) is 20.8. The lowest BCUT2D eigenvalue weighted by molar-refractivity contribution is 0.0227. The predicted molar refractivity (Wildman–Crippen MR) is 75.5 cm³/mol. The summed E-state index contributed by atoms with van der Waals surface area (Å²) in [6.07, 6.45) is 0. The number of rotatable bonds is 2. The molecule has 0 atom stereocenters. The molecule has 3 rings (SSSR count). The van der Waals surface area contributed by atoms with Crippen molar-refractivity contribution < 1.29 is 9.18 Å². The van der Waals surface area contributed by atoms with E-state index in [1.54, 1.807) is 4.90 Å². The van der Waals surface area contributed by atoms with Gasteiger partial charge in [0.25, 0.3) is 5.91 Å². The first-order valence-electron chi connectivity index (χ1n) is 6.84. The number of nitrogens with one attached hydrogen (secondary N) is 1. The molecule has 0 aromatic heterocycles. The van der Waals surface area contributed by atoms with E-state index in [0.717, 1.165) is 39.3 Å². The monoisotopic (exact) mass is 297 g/mol. The summed E-state index contributed by atoms with van der Waals surface area (Å²) in [4.78, 5) is 16.4. The Morgan fingerprint density at radius 1 is 1.30 bits per heavy atom. The average molecular weight is 298 g/mol. The van der Waals surface area contributed by atoms with Crippen molar-refractivity contribution in [1.29, 1.82) is 0 Å². The summed E-state index contributed by atoms with van der Waals surface area (Å²) in [6, 6.07) is 4.58. The second-order valence-electron chi connectivity index (χ2n) is 5.28. The lowest BCUT2D eigenvalue weighted by Gasteiger charge is -2.46. The van der Waals surface area contributed by atoms with E-state index in [1.807, 2.05) is 0 Å². The Morgan fingerprint density at radius 2 is 2.00 bits per heavy atom. The number of piperazine rings is 1. The van der Waals surface area contributed by atoms with Crippen molar-refractivity contribution in [3.05, 3.63) is 34.6 Å². The van der Waals surface area contributed by atoms with Crippen LogP contribution >= 0.6 is 11.6 Å². The molecular weight excluding hydrogens is 281 g/mol. The first kappa shape index (κ1) is 13.8. The molecule has 1 amide bonds. The number of amides is 1. The average Bonchev–Trinajstić information content (AvgIpc) is 2.41. The van der Waals surface area contributed by atoms with E-state index in [1.165, 1.54) is 18.2 Å². The fraction of sp³-hybridized carbons (Fsp3) is 0.500. The van der Waals surface area contributed by atoms with Crippen molar-refractivity contribution in [1.82, 2.24) is 15.1 Å². The maximum atomic E-state index is 13.1. The molecule has 2 saturated heterocycles. The molecule has 2 aliphatic heterocycles. The van der Waals surface area contributed by atoms with Crippen LogP contribution in [-0.2, 0) is 0 Å². The fourth-order valence-electron chi connectivity index (χ4n) is 2.71. The molecule has 4 nitrogen and oxygen atoms in total. The number of hydrogen-bond acceptors (Lipinski definition) is 3. The molecule has 2 heterocycles. The van der Waals surface area contributed by atoms with Gasteiger partial charge < -0.3 is 10.2 Å². The molecule has 20 heavy (non-hydrogen) atoms. The van der Waals surface area contributed by atoms with Crippen LogP contribution in [0.15, 0.2) is 18.2 Å². The van der Waals surface area contributed by atoms with E-state index < -0.39 is 5.82 Å². The summed E-state index contributed by atoms with van der Waals surface area (Å²) in [5, 5.41) is 3.31. The van der Waals surface area contributed by atoms with Gasteiger partial charge >= 0.3 is 0 Å². The zero-order chi connectivity index (χ0) is 14.1. The summed E-state index contributed by atoms with van der Waals surface area (Å²) in [7, 11) is 0. The molecule has 1 aromatic rings. The number of carbonyl (C=O) groups is 1. The van der Waals surface area contributed by atoms with Gasteiger partial charge in [-0.3, -0.25) is 9.69 Å². The van der Waals surface area contributed by atoms with Crippen LogP contribution in [-0.4, -0.2) is 61.0 Å². The van der Waals surface area contributed by atoms with E-state index in [0.29, 0.717) is 11.6 Å². The number of nitrogens with zero attached hydrogens (tertiary/aromatic N) is 2. The summed E-state index contributed by atoms with van der Waals surface area (Å²) >= 11 is 5.71. The molecule has 0 radical (unpaired) electrons. The molecule has 1 aromatic carbocycles. The van der Waals surface area contributed by atoms with Crippen LogP contribution in [0, 0.1) is 5.82 Å². The summed E-state index contributed by atoms with van der Waals surface area (Å²) in [6.45, 7) is 5.59. The second-order valence-corrected chi connectivity index (χ2v) is 5.69. The molecule has 6 heteroatoms. The standard InChI is InChI=1S/C14H17ClFN3O/c15-12-7-10(1-2-13(12)16)14(20)19-8-11(9-19)18-5-3-17-4-6-18/h1-2,7,11,17H,3-6,8-9H2. The quantitative estimate of drug-likeness (QED) is 0.891. The van der Waals surface area contributed by atoms with E-state index in [4.69, 9.17) is 11.6 Å². The summed E-state index contributed by atoms with van der Waals surface area (Å²) in [5.74, 6) is -0.566. The van der Waals surface area contributed by atoms with E-state index in [9.17, 15) is 9.18 Å². The molecular formula is C14H17ClFN3O. The van der Waals surface area contributed by atoms with Gasteiger partial charge in [-0.1, -0.05) is 11.6 Å². The van der Waals surface area contributed by atoms with Crippen LogP contribution in [0.5, 0.6) is 0 Å².